The molecule has 4 N–H and O–H groups in total. The molecule has 6 nitrogen and oxygen atoms in total. The lowest BCUT2D eigenvalue weighted by Crippen LogP contribution is -2.44. The number of aromatic amines is 2. The first-order valence-electron chi connectivity index (χ1n) is 9.57. The Morgan fingerprint density at radius 2 is 1.22 bits per heavy atom. The molecule has 2 aromatic heterocycles. The van der Waals surface area contributed by atoms with E-state index < -0.39 is 30.2 Å². The molecule has 0 spiro atoms. The number of aryl methyl sites for hydroxylation is 4. The second-order valence-corrected chi connectivity index (χ2v) is 8.31. The van der Waals surface area contributed by atoms with Gasteiger partial charge in [-0.25, -0.2) is 0 Å². The molecule has 0 bridgehead atoms. The number of aliphatic hydroxyl groups is 2. The SMILES string of the molecule is Cc1cc(C[C@H](O)[C@@H]2OC(C)(C)O[C@H]2[C@@H](O)Cc2cc(C)[nH]c2C)c(C)[nH]1. The third-order valence-corrected chi connectivity index (χ3v) is 5.29. The molecule has 0 aromatic carbocycles. The summed E-state index contributed by atoms with van der Waals surface area (Å²) in [5.74, 6) is -0.844. The van der Waals surface area contributed by atoms with Crippen LogP contribution in [-0.4, -0.2) is 50.4 Å². The van der Waals surface area contributed by atoms with Gasteiger partial charge in [-0.15, -0.1) is 0 Å². The minimum atomic E-state index is -0.844. The Labute approximate surface area is 160 Å². The van der Waals surface area contributed by atoms with E-state index in [1.165, 1.54) is 0 Å². The van der Waals surface area contributed by atoms with Gasteiger partial charge in [-0.1, -0.05) is 0 Å². The van der Waals surface area contributed by atoms with Crippen molar-refractivity contribution in [1.82, 2.24) is 9.97 Å². The second kappa shape index (κ2) is 7.43. The van der Waals surface area contributed by atoms with Crippen LogP contribution >= 0.6 is 0 Å². The number of hydrogen-bond donors (Lipinski definition) is 4. The summed E-state index contributed by atoms with van der Waals surface area (Å²) in [5, 5.41) is 21.8. The van der Waals surface area contributed by atoms with Crippen molar-refractivity contribution in [3.05, 3.63) is 46.0 Å². The average molecular weight is 376 g/mol. The lowest BCUT2D eigenvalue weighted by molar-refractivity contribution is -0.160. The Morgan fingerprint density at radius 3 is 1.52 bits per heavy atom. The largest absolute Gasteiger partial charge is 0.390 e. The van der Waals surface area contributed by atoms with Gasteiger partial charge in [-0.3, -0.25) is 0 Å². The third kappa shape index (κ3) is 4.46. The molecule has 0 unspecified atom stereocenters. The zero-order valence-corrected chi connectivity index (χ0v) is 17.1. The van der Waals surface area contributed by atoms with Gasteiger partial charge in [-0.2, -0.15) is 0 Å². The first kappa shape index (κ1) is 20.1. The third-order valence-electron chi connectivity index (χ3n) is 5.29. The van der Waals surface area contributed by atoms with Crippen molar-refractivity contribution >= 4 is 0 Å². The molecule has 6 heteroatoms. The molecule has 1 fully saturated rings. The zero-order valence-electron chi connectivity index (χ0n) is 17.1. The van der Waals surface area contributed by atoms with Crippen molar-refractivity contribution in [2.24, 2.45) is 0 Å². The predicted octanol–water partition coefficient (Wildman–Crippen LogP) is 2.60. The molecule has 3 heterocycles. The molecule has 2 aromatic rings. The lowest BCUT2D eigenvalue weighted by atomic mass is 9.94. The lowest BCUT2D eigenvalue weighted by Gasteiger charge is -2.26. The Hall–Kier alpha value is -1.60. The summed E-state index contributed by atoms with van der Waals surface area (Å²) >= 11 is 0. The number of aliphatic hydroxyl groups excluding tert-OH is 2. The van der Waals surface area contributed by atoms with E-state index in [2.05, 4.69) is 9.97 Å². The number of hydrogen-bond acceptors (Lipinski definition) is 4. The Kier molecular flexibility index (Phi) is 5.54. The molecule has 4 atom stereocenters. The van der Waals surface area contributed by atoms with E-state index in [9.17, 15) is 10.2 Å². The van der Waals surface area contributed by atoms with E-state index in [4.69, 9.17) is 9.47 Å². The fourth-order valence-electron chi connectivity index (χ4n) is 4.08. The minimum absolute atomic E-state index is 0.450. The molecule has 0 aliphatic carbocycles. The maximum Gasteiger partial charge on any atom is 0.164 e. The van der Waals surface area contributed by atoms with Gasteiger partial charge in [0.15, 0.2) is 5.79 Å². The molecule has 0 radical (unpaired) electrons. The molecule has 27 heavy (non-hydrogen) atoms. The number of rotatable bonds is 6. The highest BCUT2D eigenvalue weighted by Gasteiger charge is 2.47. The number of H-pyrrole nitrogens is 2. The molecule has 1 saturated heterocycles. The Balaban J connectivity index is 1.75. The van der Waals surface area contributed by atoms with E-state index in [0.717, 1.165) is 33.9 Å². The first-order chi connectivity index (χ1) is 12.6. The molecular weight excluding hydrogens is 344 g/mol. The van der Waals surface area contributed by atoms with Gasteiger partial charge >= 0.3 is 0 Å². The normalized spacial score (nSPS) is 24.3. The zero-order chi connectivity index (χ0) is 19.9. The molecular formula is C21H32N2O4. The van der Waals surface area contributed by atoms with Crippen LogP contribution in [0.4, 0.5) is 0 Å². The summed E-state index contributed by atoms with van der Waals surface area (Å²) in [6.45, 7) is 11.6. The van der Waals surface area contributed by atoms with Crippen LogP contribution in [0.5, 0.6) is 0 Å². The van der Waals surface area contributed by atoms with Crippen LogP contribution in [0.3, 0.4) is 0 Å². The number of nitrogens with one attached hydrogen (secondary N) is 2. The van der Waals surface area contributed by atoms with Crippen molar-refractivity contribution in [2.45, 2.75) is 84.6 Å². The van der Waals surface area contributed by atoms with Crippen molar-refractivity contribution in [2.75, 3.05) is 0 Å². The highest BCUT2D eigenvalue weighted by molar-refractivity contribution is 5.26. The maximum atomic E-state index is 10.9. The fourth-order valence-corrected chi connectivity index (χ4v) is 4.08. The molecule has 1 aliphatic rings. The van der Waals surface area contributed by atoms with Crippen LogP contribution in [-0.2, 0) is 22.3 Å². The van der Waals surface area contributed by atoms with Crippen LogP contribution in [0.25, 0.3) is 0 Å². The van der Waals surface area contributed by atoms with Gasteiger partial charge in [0.05, 0.1) is 12.2 Å². The Morgan fingerprint density at radius 1 is 0.852 bits per heavy atom. The molecule has 0 amide bonds. The summed E-state index contributed by atoms with van der Waals surface area (Å²) in [6.07, 6.45) is -1.82. The first-order valence-corrected chi connectivity index (χ1v) is 9.57. The van der Waals surface area contributed by atoms with Gasteiger partial charge in [0.2, 0.25) is 0 Å². The molecule has 3 rings (SSSR count). The van der Waals surface area contributed by atoms with Crippen LogP contribution in [0.1, 0.15) is 47.8 Å². The molecule has 150 valence electrons. The van der Waals surface area contributed by atoms with Crippen molar-refractivity contribution in [3.63, 3.8) is 0 Å². The van der Waals surface area contributed by atoms with E-state index >= 15 is 0 Å². The summed E-state index contributed by atoms with van der Waals surface area (Å²) in [5.41, 5.74) is 6.32. The van der Waals surface area contributed by atoms with Gasteiger partial charge < -0.3 is 29.7 Å². The monoisotopic (exact) mass is 376 g/mol. The maximum absolute atomic E-state index is 10.9. The van der Waals surface area contributed by atoms with E-state index in [1.54, 1.807) is 0 Å². The summed E-state index contributed by atoms with van der Waals surface area (Å²) in [6, 6.07) is 4.08. The quantitative estimate of drug-likeness (QED) is 0.624. The van der Waals surface area contributed by atoms with Crippen molar-refractivity contribution in [1.29, 1.82) is 0 Å². The van der Waals surface area contributed by atoms with Crippen LogP contribution in [0, 0.1) is 27.7 Å². The second-order valence-electron chi connectivity index (χ2n) is 8.31. The summed E-state index contributed by atoms with van der Waals surface area (Å²) in [7, 11) is 0. The van der Waals surface area contributed by atoms with Crippen LogP contribution < -0.4 is 0 Å². The van der Waals surface area contributed by atoms with E-state index in [1.807, 2.05) is 53.7 Å². The van der Waals surface area contributed by atoms with Gasteiger partial charge in [-0.05, 0) is 64.8 Å². The van der Waals surface area contributed by atoms with E-state index in [0.29, 0.717) is 12.8 Å². The van der Waals surface area contributed by atoms with Crippen LogP contribution in [0.2, 0.25) is 0 Å². The topological polar surface area (TPSA) is 90.5 Å². The van der Waals surface area contributed by atoms with Crippen LogP contribution in [0.15, 0.2) is 12.1 Å². The number of aromatic nitrogens is 2. The predicted molar refractivity (Wildman–Crippen MR) is 104 cm³/mol. The Bertz CT molecular complexity index is 728. The number of ether oxygens (including phenoxy) is 2. The van der Waals surface area contributed by atoms with E-state index in [-0.39, 0.29) is 0 Å². The van der Waals surface area contributed by atoms with Gasteiger partial charge in [0.25, 0.3) is 0 Å². The average Bonchev–Trinajstić information content (AvgIpc) is 3.15. The van der Waals surface area contributed by atoms with Gasteiger partial charge in [0, 0.05) is 35.6 Å². The molecule has 1 aliphatic heterocycles. The standard InChI is InChI=1S/C21H32N2O4/c1-11-7-15(13(3)22-11)9-17(24)19-20(27-21(5,6)26-19)18(25)10-16-8-12(2)23-14(16)4/h7-8,17-20,22-25H,9-10H2,1-6H3/t17-,18-,19-,20-/m0/s1. The molecule has 0 saturated carbocycles. The van der Waals surface area contributed by atoms with Gasteiger partial charge in [0.1, 0.15) is 12.2 Å². The highest BCUT2D eigenvalue weighted by Crippen LogP contribution is 2.34. The van der Waals surface area contributed by atoms with Crippen molar-refractivity contribution in [3.8, 4) is 0 Å². The minimum Gasteiger partial charge on any atom is -0.390 e. The highest BCUT2D eigenvalue weighted by atomic mass is 16.8. The smallest absolute Gasteiger partial charge is 0.164 e. The summed E-state index contributed by atoms with van der Waals surface area (Å²) in [4.78, 5) is 6.52. The summed E-state index contributed by atoms with van der Waals surface area (Å²) < 4.78 is 12.0. The fraction of sp³-hybridized carbons (Fsp3) is 0.619. The van der Waals surface area contributed by atoms with Crippen molar-refractivity contribution < 1.29 is 19.7 Å².